The average molecular weight is 445 g/mol. The molecule has 0 saturated carbocycles. The highest BCUT2D eigenvalue weighted by molar-refractivity contribution is 5.91. The Morgan fingerprint density at radius 2 is 2.03 bits per heavy atom. The normalized spacial score (nSPS) is 14.6. The number of nitrogens with two attached hydrogens (primary N) is 1. The molecule has 2 aromatic carbocycles. The third kappa shape index (κ3) is 4.45. The van der Waals surface area contributed by atoms with Gasteiger partial charge in [-0.3, -0.25) is 9.89 Å². The summed E-state index contributed by atoms with van der Waals surface area (Å²) in [4.78, 5) is 12.3. The van der Waals surface area contributed by atoms with Gasteiger partial charge in [-0.05, 0) is 43.7 Å². The van der Waals surface area contributed by atoms with E-state index in [9.17, 15) is 10.1 Å². The van der Waals surface area contributed by atoms with Crippen molar-refractivity contribution in [2.75, 3.05) is 18.5 Å². The summed E-state index contributed by atoms with van der Waals surface area (Å²) in [6, 6.07) is 16.6. The average Bonchev–Trinajstić information content (AvgIpc) is 3.18. The van der Waals surface area contributed by atoms with Gasteiger partial charge in [0.05, 0.1) is 12.5 Å². The molecule has 1 aliphatic rings. The number of aromatic amines is 1. The van der Waals surface area contributed by atoms with E-state index in [2.05, 4.69) is 21.6 Å². The van der Waals surface area contributed by atoms with Gasteiger partial charge in [-0.2, -0.15) is 5.26 Å². The first kappa shape index (κ1) is 21.8. The second-order valence-electron chi connectivity index (χ2n) is 7.33. The van der Waals surface area contributed by atoms with E-state index < -0.39 is 5.92 Å². The SMILES string of the molecule is CCOc1cc(C2C(C#N)=C(N)Oc3n[nH]c(C)c32)ccc1OCC(=O)Nc1ccccc1. The van der Waals surface area contributed by atoms with Crippen LogP contribution < -0.4 is 25.3 Å². The number of fused-ring (bicyclic) bond motifs is 1. The Morgan fingerprint density at radius 3 is 2.76 bits per heavy atom. The van der Waals surface area contributed by atoms with Crippen LogP contribution >= 0.6 is 0 Å². The third-order valence-corrected chi connectivity index (χ3v) is 5.15. The summed E-state index contributed by atoms with van der Waals surface area (Å²) in [5, 5.41) is 19.5. The van der Waals surface area contributed by atoms with Gasteiger partial charge >= 0.3 is 0 Å². The molecule has 168 valence electrons. The second-order valence-corrected chi connectivity index (χ2v) is 7.33. The number of carbonyl (C=O) groups excluding carboxylic acids is 1. The minimum Gasteiger partial charge on any atom is -0.490 e. The van der Waals surface area contributed by atoms with Crippen LogP contribution in [0.4, 0.5) is 5.69 Å². The lowest BCUT2D eigenvalue weighted by Crippen LogP contribution is -2.21. The molecule has 9 heteroatoms. The van der Waals surface area contributed by atoms with Crippen LogP contribution in [0.2, 0.25) is 0 Å². The zero-order valence-corrected chi connectivity index (χ0v) is 18.2. The van der Waals surface area contributed by atoms with E-state index in [4.69, 9.17) is 19.9 Å². The largest absolute Gasteiger partial charge is 0.490 e. The first-order valence-electron chi connectivity index (χ1n) is 10.4. The molecular formula is C24H23N5O4. The van der Waals surface area contributed by atoms with Crippen LogP contribution in [0.3, 0.4) is 0 Å². The van der Waals surface area contributed by atoms with E-state index in [1.165, 1.54) is 0 Å². The van der Waals surface area contributed by atoms with E-state index in [-0.39, 0.29) is 24.0 Å². The second kappa shape index (κ2) is 9.36. The number of nitriles is 1. The molecule has 0 radical (unpaired) electrons. The summed E-state index contributed by atoms with van der Waals surface area (Å²) >= 11 is 0. The van der Waals surface area contributed by atoms with Crippen molar-refractivity contribution in [2.24, 2.45) is 5.73 Å². The number of hydrogen-bond donors (Lipinski definition) is 3. The van der Waals surface area contributed by atoms with Crippen molar-refractivity contribution in [3.05, 3.63) is 76.8 Å². The molecule has 33 heavy (non-hydrogen) atoms. The maximum absolute atomic E-state index is 12.3. The van der Waals surface area contributed by atoms with Crippen LogP contribution in [0.5, 0.6) is 17.4 Å². The monoisotopic (exact) mass is 445 g/mol. The van der Waals surface area contributed by atoms with E-state index in [0.29, 0.717) is 29.7 Å². The van der Waals surface area contributed by atoms with Gasteiger partial charge in [-0.15, -0.1) is 5.10 Å². The number of allylic oxidation sites excluding steroid dienone is 1. The molecule has 0 aliphatic carbocycles. The van der Waals surface area contributed by atoms with Gasteiger partial charge in [0.2, 0.25) is 11.8 Å². The maximum Gasteiger partial charge on any atom is 0.262 e. The summed E-state index contributed by atoms with van der Waals surface area (Å²) in [5.74, 6) is 0.440. The number of hydrogen-bond acceptors (Lipinski definition) is 7. The molecule has 1 amide bonds. The van der Waals surface area contributed by atoms with Crippen LogP contribution in [0.15, 0.2) is 60.0 Å². The lowest BCUT2D eigenvalue weighted by Gasteiger charge is -2.24. The fourth-order valence-corrected chi connectivity index (χ4v) is 3.69. The molecule has 3 aromatic rings. The Labute approximate surface area is 190 Å². The van der Waals surface area contributed by atoms with Crippen molar-refractivity contribution in [3.8, 4) is 23.4 Å². The van der Waals surface area contributed by atoms with Gasteiger partial charge in [-0.1, -0.05) is 24.3 Å². The molecule has 1 atom stereocenters. The molecule has 1 aliphatic heterocycles. The molecule has 1 aromatic heterocycles. The molecule has 4 rings (SSSR count). The number of para-hydroxylation sites is 1. The smallest absolute Gasteiger partial charge is 0.262 e. The number of nitrogens with one attached hydrogen (secondary N) is 2. The van der Waals surface area contributed by atoms with Crippen LogP contribution in [0.1, 0.15) is 29.7 Å². The van der Waals surface area contributed by atoms with Crippen molar-refractivity contribution >= 4 is 11.6 Å². The zero-order chi connectivity index (χ0) is 23.4. The van der Waals surface area contributed by atoms with Gasteiger partial charge in [0, 0.05) is 16.9 Å². The van der Waals surface area contributed by atoms with Crippen molar-refractivity contribution in [1.82, 2.24) is 10.2 Å². The molecule has 0 spiro atoms. The molecule has 0 fully saturated rings. The van der Waals surface area contributed by atoms with Crippen molar-refractivity contribution in [1.29, 1.82) is 5.26 Å². The summed E-state index contributed by atoms with van der Waals surface area (Å²) in [5.41, 5.74) is 9.22. The number of aromatic nitrogens is 2. The molecular weight excluding hydrogens is 422 g/mol. The molecule has 0 saturated heterocycles. The van der Waals surface area contributed by atoms with E-state index in [1.807, 2.05) is 38.1 Å². The minimum absolute atomic E-state index is 0.0115. The number of H-pyrrole nitrogens is 1. The van der Waals surface area contributed by atoms with Crippen LogP contribution in [0, 0.1) is 18.3 Å². The van der Waals surface area contributed by atoms with Crippen molar-refractivity contribution < 1.29 is 19.0 Å². The number of nitrogens with zero attached hydrogens (tertiary/aromatic N) is 2. The topological polar surface area (TPSA) is 135 Å². The number of amides is 1. The first-order chi connectivity index (χ1) is 16.0. The molecule has 2 heterocycles. The van der Waals surface area contributed by atoms with Crippen molar-refractivity contribution in [3.63, 3.8) is 0 Å². The number of anilines is 1. The summed E-state index contributed by atoms with van der Waals surface area (Å²) in [6.07, 6.45) is 0. The van der Waals surface area contributed by atoms with E-state index >= 15 is 0 Å². The molecule has 9 nitrogen and oxygen atoms in total. The number of carbonyl (C=O) groups is 1. The number of benzene rings is 2. The van der Waals surface area contributed by atoms with E-state index in [0.717, 1.165) is 16.8 Å². The van der Waals surface area contributed by atoms with Gasteiger partial charge in [0.1, 0.15) is 11.6 Å². The van der Waals surface area contributed by atoms with E-state index in [1.54, 1.807) is 24.3 Å². The maximum atomic E-state index is 12.3. The Hall–Kier alpha value is -4.45. The number of rotatable bonds is 7. The van der Waals surface area contributed by atoms with Crippen LogP contribution in [-0.2, 0) is 4.79 Å². The molecule has 0 bridgehead atoms. The van der Waals surface area contributed by atoms with Gasteiger partial charge in [0.25, 0.3) is 5.91 Å². The molecule has 4 N–H and O–H groups in total. The summed E-state index contributed by atoms with van der Waals surface area (Å²) in [7, 11) is 0. The Morgan fingerprint density at radius 1 is 1.24 bits per heavy atom. The molecule has 1 unspecified atom stereocenters. The van der Waals surface area contributed by atoms with Gasteiger partial charge in [0.15, 0.2) is 18.1 Å². The third-order valence-electron chi connectivity index (χ3n) is 5.15. The van der Waals surface area contributed by atoms with Gasteiger partial charge < -0.3 is 25.3 Å². The fourth-order valence-electron chi connectivity index (χ4n) is 3.69. The Bertz CT molecular complexity index is 1240. The Kier molecular flexibility index (Phi) is 6.17. The highest BCUT2D eigenvalue weighted by Gasteiger charge is 2.34. The summed E-state index contributed by atoms with van der Waals surface area (Å²) < 4.78 is 17.0. The van der Waals surface area contributed by atoms with Gasteiger partial charge in [-0.25, -0.2) is 0 Å². The van der Waals surface area contributed by atoms with Crippen LogP contribution in [-0.4, -0.2) is 29.3 Å². The lowest BCUT2D eigenvalue weighted by atomic mass is 9.84. The first-order valence-corrected chi connectivity index (χ1v) is 10.4. The fraction of sp³-hybridized carbons (Fsp3) is 0.208. The number of ether oxygens (including phenoxy) is 3. The highest BCUT2D eigenvalue weighted by Crippen LogP contribution is 2.44. The van der Waals surface area contributed by atoms with Crippen LogP contribution in [0.25, 0.3) is 0 Å². The quantitative estimate of drug-likeness (QED) is 0.507. The lowest BCUT2D eigenvalue weighted by molar-refractivity contribution is -0.118. The number of aryl methyl sites for hydroxylation is 1. The minimum atomic E-state index is -0.480. The van der Waals surface area contributed by atoms with Crippen molar-refractivity contribution in [2.45, 2.75) is 19.8 Å². The Balaban J connectivity index is 1.60. The predicted octanol–water partition coefficient (Wildman–Crippen LogP) is 3.35. The standard InChI is InChI=1S/C24H23N5O4/c1-3-31-19-11-15(22-17(12-25)23(26)33-24-21(22)14(2)28-29-24)9-10-18(19)32-13-20(30)27-16-7-5-4-6-8-16/h4-11,22H,3,13,26H2,1-2H3,(H,27,30)(H,28,29). The highest BCUT2D eigenvalue weighted by atomic mass is 16.5. The zero-order valence-electron chi connectivity index (χ0n) is 18.2. The predicted molar refractivity (Wildman–Crippen MR) is 121 cm³/mol. The summed E-state index contributed by atoms with van der Waals surface area (Å²) in [6.45, 7) is 3.91.